The highest BCUT2D eigenvalue weighted by molar-refractivity contribution is 14.1. The van der Waals surface area contributed by atoms with Gasteiger partial charge >= 0.3 is 39.0 Å². The monoisotopic (exact) mass is 1440 g/mol. The van der Waals surface area contributed by atoms with Gasteiger partial charge in [-0.05, 0) is 156 Å². The summed E-state index contributed by atoms with van der Waals surface area (Å²) in [4.78, 5) is 91.6. The van der Waals surface area contributed by atoms with E-state index in [2.05, 4.69) is 23.8 Å². The number of H-pyrrole nitrogens is 2. The molecule has 6 heterocycles. The molecule has 2 aromatic carbocycles. The molecule has 28 heteroatoms. The maximum atomic E-state index is 13.5. The van der Waals surface area contributed by atoms with Crippen LogP contribution in [0.2, 0.25) is 0 Å². The zero-order valence-electron chi connectivity index (χ0n) is 47.2. The third-order valence-electron chi connectivity index (χ3n) is 19.0. The van der Waals surface area contributed by atoms with Gasteiger partial charge in [-0.3, -0.25) is 61.2 Å². The first-order valence-electron chi connectivity index (χ1n) is 28.7. The van der Waals surface area contributed by atoms with Gasteiger partial charge in [-0.2, -0.15) is 0 Å². The fourth-order valence-electron chi connectivity index (χ4n) is 14.3. The van der Waals surface area contributed by atoms with Gasteiger partial charge in [0, 0.05) is 54.6 Å². The summed E-state index contributed by atoms with van der Waals surface area (Å²) in [5.74, 6) is 2.22. The Morgan fingerprint density at radius 1 is 0.729 bits per heavy atom. The number of phosphoric ester groups is 2. The van der Waals surface area contributed by atoms with Crippen molar-refractivity contribution in [2.24, 2.45) is 34.5 Å². The number of ketones is 1. The molecule has 0 radical (unpaired) electrons. The van der Waals surface area contributed by atoms with Crippen LogP contribution in [0.3, 0.4) is 0 Å². The predicted octanol–water partition coefficient (Wildman–Crippen LogP) is 8.52. The van der Waals surface area contributed by atoms with Crippen LogP contribution in [0.25, 0.3) is 0 Å². The lowest BCUT2D eigenvalue weighted by Gasteiger charge is -2.60. The van der Waals surface area contributed by atoms with Crippen LogP contribution in [0.4, 0.5) is 0 Å². The van der Waals surface area contributed by atoms with Gasteiger partial charge < -0.3 is 33.1 Å². The molecular formula is C57H68I2N4O20P2. The third kappa shape index (κ3) is 12.9. The van der Waals surface area contributed by atoms with E-state index in [1.807, 2.05) is 26.0 Å². The Morgan fingerprint density at radius 3 is 1.96 bits per heavy atom. The standard InChI is InChI=1S/C40H50IN2O12P.C17H18IN2O8P/c1-22-5-4-6-30-26(22)20-50-56(49,55-30)51-21-32-31(18-34(52-32)43-19-29(41)37(47)42-38(43)48)53-35(45)11-12-36(46)54-33-10-9-27-25-8-7-23-17-24(44)13-15-39(23,2)28(25)14-16-40(27,33)3;1-9-3-2-4-13-10(9)7-25-29(24,28-13)26-8-14-12(21)5-15(27-14)20-6-11(18)16(22)19-17(20)23/h4-6,19,23,25,27-28,31-34H,7-18,20-21H2,1-3H3,(H,42,47,48);2-4,6,12,14-15,21H,5,7-8H2,1H3,(H,19,22,23)/t23-,25-,27-,28?,31?,32+,33-,34+,39-,40-,56?;12?,14-,15-,29?/m01/s1/i41-2;. The van der Waals surface area contributed by atoms with Crippen molar-refractivity contribution in [2.75, 3.05) is 13.2 Å². The predicted molar refractivity (Wildman–Crippen MR) is 317 cm³/mol. The Kier molecular flexibility index (Phi) is 18.2. The van der Waals surface area contributed by atoms with Crippen LogP contribution < -0.4 is 31.5 Å². The number of phosphoric acid groups is 2. The molecule has 5 unspecified atom stereocenters. The van der Waals surface area contributed by atoms with Gasteiger partial charge in [0.15, 0.2) is 0 Å². The van der Waals surface area contributed by atoms with E-state index in [-0.39, 0.29) is 72.6 Å². The number of carbonyl (C=O) groups excluding carboxylic acids is 3. The Bertz CT molecular complexity index is 3610. The van der Waals surface area contributed by atoms with E-state index in [1.165, 1.54) is 21.5 Å². The molecule has 2 aromatic heterocycles. The number of hydrogen-bond donors (Lipinski definition) is 3. The number of hydrogen-bond acceptors (Lipinski definition) is 20. The number of halogens is 2. The molecule has 85 heavy (non-hydrogen) atoms. The van der Waals surface area contributed by atoms with Gasteiger partial charge in [0.25, 0.3) is 11.1 Å². The minimum absolute atomic E-state index is 0.0119. The maximum Gasteiger partial charge on any atom is 0.530 e. The largest absolute Gasteiger partial charge is 0.530 e. The van der Waals surface area contributed by atoms with Crippen molar-refractivity contribution < 1.29 is 74.7 Å². The molecule has 6 fully saturated rings. The molecule has 460 valence electrons. The minimum Gasteiger partial charge on any atom is -0.462 e. The maximum absolute atomic E-state index is 13.5. The van der Waals surface area contributed by atoms with Gasteiger partial charge in [0.1, 0.15) is 54.2 Å². The summed E-state index contributed by atoms with van der Waals surface area (Å²) < 4.78 is 85.9. The average molecular weight is 1440 g/mol. The summed E-state index contributed by atoms with van der Waals surface area (Å²) >= 11 is 3.60. The van der Waals surface area contributed by atoms with E-state index in [0.717, 1.165) is 73.6 Å². The second-order valence-electron chi connectivity index (χ2n) is 23.9. The van der Waals surface area contributed by atoms with Gasteiger partial charge in [-0.25, -0.2) is 18.7 Å². The first-order valence-corrected chi connectivity index (χ1v) is 33.8. The number of ether oxygens (including phenoxy) is 4. The molecule has 0 amide bonds. The number of fused-ring (bicyclic) bond motifs is 7. The normalized spacial score (nSPS) is 34.4. The second kappa shape index (κ2) is 24.9. The van der Waals surface area contributed by atoms with Gasteiger partial charge in [-0.1, -0.05) is 38.1 Å². The number of aliphatic hydroxyl groups excluding tert-OH is 1. The van der Waals surface area contributed by atoms with E-state index in [4.69, 9.17) is 46.1 Å². The molecule has 0 bridgehead atoms. The van der Waals surface area contributed by atoms with Crippen LogP contribution >= 0.6 is 60.8 Å². The molecule has 4 aliphatic carbocycles. The van der Waals surface area contributed by atoms with Crippen molar-refractivity contribution in [3.8, 4) is 11.5 Å². The van der Waals surface area contributed by atoms with Crippen LogP contribution in [0.5, 0.6) is 11.5 Å². The number of aryl methyl sites for hydroxylation is 2. The topological polar surface area (TPSA) is 308 Å². The summed E-state index contributed by atoms with van der Waals surface area (Å²) in [5.41, 5.74) is 1.09. The minimum atomic E-state index is -4.08. The molecule has 4 aromatic rings. The fourth-order valence-corrected chi connectivity index (χ4v) is 17.6. The number of nitrogens with zero attached hydrogens (tertiary/aromatic N) is 2. The molecule has 24 nitrogen and oxygen atoms in total. The second-order valence-corrected chi connectivity index (χ2v) is 29.4. The number of benzene rings is 2. The quantitative estimate of drug-likeness (QED) is 0.0641. The smallest absolute Gasteiger partial charge is 0.462 e. The lowest BCUT2D eigenvalue weighted by atomic mass is 9.45. The molecule has 0 spiro atoms. The summed E-state index contributed by atoms with van der Waals surface area (Å²) in [7, 11) is -7.95. The van der Waals surface area contributed by atoms with Gasteiger partial charge in [0.2, 0.25) is 0 Å². The summed E-state index contributed by atoms with van der Waals surface area (Å²) in [6.07, 6.45) is 5.17. The van der Waals surface area contributed by atoms with Crippen molar-refractivity contribution >= 4 is 78.5 Å². The van der Waals surface area contributed by atoms with E-state index in [1.54, 1.807) is 69.4 Å². The Morgan fingerprint density at radius 2 is 1.31 bits per heavy atom. The van der Waals surface area contributed by atoms with Crippen LogP contribution in [0.15, 0.2) is 68.0 Å². The van der Waals surface area contributed by atoms with Gasteiger partial charge in [0.05, 0.1) is 52.5 Å². The zero-order valence-corrected chi connectivity index (χ0v) is 53.3. The number of carbonyl (C=O) groups is 3. The highest BCUT2D eigenvalue weighted by Crippen LogP contribution is 2.66. The van der Waals surface area contributed by atoms with Crippen LogP contribution in [-0.2, 0) is 73.8 Å². The summed E-state index contributed by atoms with van der Waals surface area (Å²) in [6.45, 7) is 7.95. The zero-order chi connectivity index (χ0) is 60.3. The molecule has 12 rings (SSSR count). The van der Waals surface area contributed by atoms with Gasteiger partial charge in [-0.15, -0.1) is 0 Å². The molecule has 4 saturated carbocycles. The highest BCUT2D eigenvalue weighted by Gasteiger charge is 2.61. The summed E-state index contributed by atoms with van der Waals surface area (Å²) in [6, 6.07) is 10.7. The molecule has 3 N–H and O–H groups in total. The lowest BCUT2D eigenvalue weighted by Crippen LogP contribution is -2.54. The van der Waals surface area contributed by atoms with E-state index < -0.39 is 87.0 Å². The lowest BCUT2D eigenvalue weighted by molar-refractivity contribution is -0.167. The van der Waals surface area contributed by atoms with Crippen molar-refractivity contribution in [2.45, 2.75) is 167 Å². The molecule has 2 saturated heterocycles. The highest BCUT2D eigenvalue weighted by atomic mass is 127. The third-order valence-corrected chi connectivity index (χ3v) is 23.2. The molecule has 4 aliphatic heterocycles. The molecule has 8 aliphatic rings. The number of rotatable bonds is 13. The van der Waals surface area contributed by atoms with E-state index >= 15 is 0 Å². The molecule has 15 atom stereocenters. The van der Waals surface area contributed by atoms with Crippen LogP contribution in [0, 0.1) is 55.5 Å². The van der Waals surface area contributed by atoms with E-state index in [0.29, 0.717) is 50.9 Å². The first kappa shape index (κ1) is 62.3. The van der Waals surface area contributed by atoms with Crippen molar-refractivity contribution in [1.29, 1.82) is 0 Å². The SMILES string of the molecule is Cc1cccc2c1COP(=O)(OC[C@H]1O[C@@H](n3cc(I)c(=O)[nH]c3=O)CC1O)O2.Cc1cccc2c1COP(=O)(OC[C@H]1O[C@@H](n3cc([125I])c(=O)[nH]c3=O)CC1OC(=O)CCC(=O)O[C@H]1CC[C@H]3[C@@H]4CC[C@H]5CC(=O)CC[C@]5(C)C4CC[C@]13C)O2. The number of Topliss-reactive ketones (excluding diaryl/α,β-unsaturated/α-hetero) is 1. The van der Waals surface area contributed by atoms with Crippen molar-refractivity contribution in [3.63, 3.8) is 0 Å². The Labute approximate surface area is 515 Å². The van der Waals surface area contributed by atoms with Crippen LogP contribution in [0.1, 0.15) is 132 Å². The average Bonchev–Trinajstić information content (AvgIpc) is 1.95. The number of aliphatic hydroxyl groups is 1. The number of esters is 2. The summed E-state index contributed by atoms with van der Waals surface area (Å²) in [5, 5.41) is 10.3. The first-order chi connectivity index (χ1) is 40.4. The Balaban J connectivity index is 0.000000217. The van der Waals surface area contributed by atoms with E-state index in [9.17, 15) is 47.8 Å². The fraction of sp³-hybridized carbons (Fsp3) is 0.596. The molecular weight excluding hydrogens is 1370 g/mol. The van der Waals surface area contributed by atoms with Crippen LogP contribution in [-0.4, -0.2) is 85.7 Å². The number of aromatic nitrogens is 4. The Hall–Kier alpha value is -4.35. The number of aromatic amines is 2. The van der Waals surface area contributed by atoms with Crippen molar-refractivity contribution in [3.05, 3.63) is 120 Å². The number of nitrogens with one attached hydrogen (secondary N) is 2. The van der Waals surface area contributed by atoms with Crippen molar-refractivity contribution in [1.82, 2.24) is 19.1 Å².